The molecule has 0 nitrogen and oxygen atoms in total. The van der Waals surface area contributed by atoms with Gasteiger partial charge in [-0.3, -0.25) is 0 Å². The van der Waals surface area contributed by atoms with E-state index in [4.69, 9.17) is 0 Å². The van der Waals surface area contributed by atoms with Crippen molar-refractivity contribution in [2.45, 2.75) is 61.2 Å². The highest BCUT2D eigenvalue weighted by atomic mass is 127. The lowest BCUT2D eigenvalue weighted by molar-refractivity contribution is -0.0418. The minimum Gasteiger partial charge on any atom is -0.205 e. The average molecular weight is 340 g/mol. The maximum Gasteiger partial charge on any atom is 0.263 e. The molecular weight excluding hydrogens is 321 g/mol. The SMILES string of the molecule is FC1(F)C(I)CCCC[C@@]23CCCCC2C13. The highest BCUT2D eigenvalue weighted by Crippen LogP contribution is 2.74. The van der Waals surface area contributed by atoms with E-state index in [1.165, 1.54) is 19.3 Å². The molecule has 3 aliphatic carbocycles. The Morgan fingerprint density at radius 1 is 0.938 bits per heavy atom. The van der Waals surface area contributed by atoms with Crippen LogP contribution in [0.5, 0.6) is 0 Å². The van der Waals surface area contributed by atoms with Crippen LogP contribution in [0.25, 0.3) is 0 Å². The normalized spacial score (nSPS) is 50.8. The number of rotatable bonds is 0. The lowest BCUT2D eigenvalue weighted by Crippen LogP contribution is -2.35. The molecule has 3 saturated carbocycles. The van der Waals surface area contributed by atoms with Gasteiger partial charge in [-0.1, -0.05) is 48.3 Å². The summed E-state index contributed by atoms with van der Waals surface area (Å²) in [6.07, 6.45) is 8.52. The zero-order valence-corrected chi connectivity index (χ0v) is 11.7. The van der Waals surface area contributed by atoms with Gasteiger partial charge in [-0.2, -0.15) is 0 Å². The molecule has 3 rings (SSSR count). The van der Waals surface area contributed by atoms with E-state index < -0.39 is 9.85 Å². The Bertz CT molecular complexity index is 292. The van der Waals surface area contributed by atoms with E-state index in [1.807, 2.05) is 22.6 Å². The Morgan fingerprint density at radius 3 is 2.25 bits per heavy atom. The largest absolute Gasteiger partial charge is 0.263 e. The quantitative estimate of drug-likeness (QED) is 0.439. The Morgan fingerprint density at radius 2 is 1.56 bits per heavy atom. The zero-order chi connectivity index (χ0) is 11.4. The fourth-order valence-corrected chi connectivity index (χ4v) is 5.30. The summed E-state index contributed by atoms with van der Waals surface area (Å²) in [5.41, 5.74) is 0.0750. The third-order valence-corrected chi connectivity index (χ3v) is 6.69. The van der Waals surface area contributed by atoms with Crippen LogP contribution >= 0.6 is 22.6 Å². The van der Waals surface area contributed by atoms with E-state index >= 15 is 0 Å². The number of fused-ring (bicyclic) bond motifs is 1. The van der Waals surface area contributed by atoms with Gasteiger partial charge in [-0.25, -0.2) is 8.78 Å². The second kappa shape index (κ2) is 3.79. The minimum atomic E-state index is -2.39. The maximum absolute atomic E-state index is 14.4. The maximum atomic E-state index is 14.4. The topological polar surface area (TPSA) is 0 Å². The lowest BCUT2D eigenvalue weighted by atomic mass is 9.81. The third-order valence-electron chi connectivity index (χ3n) is 5.24. The standard InChI is InChI=1S/C13H19F2I/c14-13(15)10(16)6-2-4-8-12-7-3-1-5-9(12)11(12)13/h9-11H,1-8H2/t9?,10?,11?,12-/m0/s1. The Labute approximate surface area is 110 Å². The van der Waals surface area contributed by atoms with Gasteiger partial charge in [-0.05, 0) is 37.0 Å². The van der Waals surface area contributed by atoms with E-state index in [1.54, 1.807) is 0 Å². The summed E-state index contributed by atoms with van der Waals surface area (Å²) in [5.74, 6) is -2.29. The molecule has 4 atom stereocenters. The molecule has 0 amide bonds. The monoisotopic (exact) mass is 340 g/mol. The predicted molar refractivity (Wildman–Crippen MR) is 69.1 cm³/mol. The number of hydrogen-bond donors (Lipinski definition) is 0. The van der Waals surface area contributed by atoms with Crippen molar-refractivity contribution in [1.82, 2.24) is 0 Å². The first-order chi connectivity index (χ1) is 7.59. The van der Waals surface area contributed by atoms with Crippen LogP contribution in [0.1, 0.15) is 51.4 Å². The molecule has 0 saturated heterocycles. The van der Waals surface area contributed by atoms with Gasteiger partial charge in [0.25, 0.3) is 5.92 Å². The van der Waals surface area contributed by atoms with Crippen molar-refractivity contribution in [2.24, 2.45) is 17.3 Å². The molecule has 0 radical (unpaired) electrons. The van der Waals surface area contributed by atoms with Gasteiger partial charge >= 0.3 is 0 Å². The van der Waals surface area contributed by atoms with Crippen LogP contribution in [0.2, 0.25) is 0 Å². The molecule has 0 aromatic rings. The molecule has 3 heteroatoms. The van der Waals surface area contributed by atoms with Crippen LogP contribution in [-0.2, 0) is 0 Å². The van der Waals surface area contributed by atoms with E-state index in [9.17, 15) is 8.78 Å². The Kier molecular flexibility index (Phi) is 2.76. The molecule has 16 heavy (non-hydrogen) atoms. The van der Waals surface area contributed by atoms with Crippen molar-refractivity contribution in [2.75, 3.05) is 0 Å². The summed E-state index contributed by atoms with van der Waals surface area (Å²) < 4.78 is 28.3. The van der Waals surface area contributed by atoms with Gasteiger partial charge in [0.2, 0.25) is 0 Å². The van der Waals surface area contributed by atoms with Gasteiger partial charge in [0.1, 0.15) is 0 Å². The lowest BCUT2D eigenvalue weighted by Gasteiger charge is -2.29. The smallest absolute Gasteiger partial charge is 0.205 e. The molecule has 1 spiro atoms. The van der Waals surface area contributed by atoms with Crippen LogP contribution in [-0.4, -0.2) is 9.85 Å². The summed E-state index contributed by atoms with van der Waals surface area (Å²) in [5, 5.41) is 0. The average Bonchev–Trinajstić information content (AvgIpc) is 2.92. The van der Waals surface area contributed by atoms with Gasteiger partial charge in [-0.15, -0.1) is 0 Å². The number of hydrogen-bond acceptors (Lipinski definition) is 0. The van der Waals surface area contributed by atoms with Gasteiger partial charge in [0, 0.05) is 5.92 Å². The molecule has 0 heterocycles. The summed E-state index contributed by atoms with van der Waals surface area (Å²) >= 11 is 2.00. The summed E-state index contributed by atoms with van der Waals surface area (Å²) in [6.45, 7) is 0. The minimum absolute atomic E-state index is 0.0750. The fourth-order valence-electron chi connectivity index (χ4n) is 4.47. The molecule has 0 aromatic carbocycles. The fraction of sp³-hybridized carbons (Fsp3) is 1.00. The molecule has 3 fully saturated rings. The van der Waals surface area contributed by atoms with E-state index in [0.717, 1.165) is 25.7 Å². The first-order valence-corrected chi connectivity index (χ1v) is 7.85. The predicted octanol–water partition coefficient (Wildman–Crippen LogP) is 4.81. The van der Waals surface area contributed by atoms with Crippen LogP contribution < -0.4 is 0 Å². The van der Waals surface area contributed by atoms with Crippen LogP contribution in [0, 0.1) is 17.3 Å². The van der Waals surface area contributed by atoms with Gasteiger partial charge < -0.3 is 0 Å². The van der Waals surface area contributed by atoms with Crippen LogP contribution in [0.15, 0.2) is 0 Å². The highest BCUT2D eigenvalue weighted by molar-refractivity contribution is 14.1. The molecule has 0 aromatic heterocycles. The van der Waals surface area contributed by atoms with Crippen molar-refractivity contribution in [3.05, 3.63) is 0 Å². The third kappa shape index (κ3) is 1.49. The van der Waals surface area contributed by atoms with Crippen molar-refractivity contribution in [1.29, 1.82) is 0 Å². The number of alkyl halides is 3. The second-order valence-corrected chi connectivity index (χ2v) is 7.45. The Balaban J connectivity index is 1.89. The first kappa shape index (κ1) is 11.7. The molecule has 0 aliphatic heterocycles. The van der Waals surface area contributed by atoms with E-state index in [-0.39, 0.29) is 11.3 Å². The van der Waals surface area contributed by atoms with Crippen molar-refractivity contribution < 1.29 is 8.78 Å². The van der Waals surface area contributed by atoms with E-state index in [2.05, 4.69) is 0 Å². The van der Waals surface area contributed by atoms with Gasteiger partial charge in [0.05, 0.1) is 3.92 Å². The summed E-state index contributed by atoms with van der Waals surface area (Å²) in [6, 6.07) is 0. The van der Waals surface area contributed by atoms with E-state index in [0.29, 0.717) is 12.3 Å². The molecular formula is C13H19F2I. The first-order valence-electron chi connectivity index (χ1n) is 6.61. The molecule has 92 valence electrons. The zero-order valence-electron chi connectivity index (χ0n) is 9.52. The van der Waals surface area contributed by atoms with Crippen LogP contribution in [0.3, 0.4) is 0 Å². The van der Waals surface area contributed by atoms with Crippen molar-refractivity contribution in [3.63, 3.8) is 0 Å². The second-order valence-electron chi connectivity index (χ2n) is 5.95. The highest BCUT2D eigenvalue weighted by Gasteiger charge is 2.74. The molecule has 0 bridgehead atoms. The molecule has 3 unspecified atom stereocenters. The van der Waals surface area contributed by atoms with Gasteiger partial charge in [0.15, 0.2) is 0 Å². The molecule has 0 N–H and O–H groups in total. The number of halogens is 3. The van der Waals surface area contributed by atoms with Crippen LogP contribution in [0.4, 0.5) is 8.78 Å². The summed E-state index contributed by atoms with van der Waals surface area (Å²) in [7, 11) is 0. The van der Waals surface area contributed by atoms with Crippen molar-refractivity contribution >= 4 is 22.6 Å². The molecule has 3 aliphatic rings. The summed E-state index contributed by atoms with van der Waals surface area (Å²) in [4.78, 5) is 0. The van der Waals surface area contributed by atoms with Crippen molar-refractivity contribution in [3.8, 4) is 0 Å². The Hall–Kier alpha value is 0.590.